The van der Waals surface area contributed by atoms with Gasteiger partial charge in [0, 0.05) is 30.9 Å². The van der Waals surface area contributed by atoms with Crippen LogP contribution in [-0.2, 0) is 6.54 Å². The highest BCUT2D eigenvalue weighted by atomic mass is 15.2. The highest BCUT2D eigenvalue weighted by Crippen LogP contribution is 2.25. The molecule has 18 heavy (non-hydrogen) atoms. The number of rotatable bonds is 7. The van der Waals surface area contributed by atoms with Crippen molar-refractivity contribution >= 4 is 5.82 Å². The maximum Gasteiger partial charge on any atom is 0.133 e. The van der Waals surface area contributed by atoms with Gasteiger partial charge in [0.05, 0.1) is 0 Å². The lowest BCUT2D eigenvalue weighted by molar-refractivity contribution is 0.465. The fraction of sp³-hybridized carbons (Fsp3) is 0.667. The third-order valence-corrected chi connectivity index (χ3v) is 3.70. The monoisotopic (exact) mass is 249 g/mol. The molecule has 0 amide bonds. The number of anilines is 1. The Morgan fingerprint density at radius 1 is 1.33 bits per heavy atom. The third-order valence-electron chi connectivity index (χ3n) is 3.70. The largest absolute Gasteiger partial charge is 0.354 e. The lowest BCUT2D eigenvalue weighted by atomic mass is 9.99. The number of pyridine rings is 1. The molecule has 1 rings (SSSR count). The summed E-state index contributed by atoms with van der Waals surface area (Å²) in [6, 6.07) is 4.17. The normalized spacial score (nSPS) is 11.6. The first kappa shape index (κ1) is 15.0. The van der Waals surface area contributed by atoms with Crippen LogP contribution >= 0.6 is 0 Å². The lowest BCUT2D eigenvalue weighted by Crippen LogP contribution is -2.41. The SMILES string of the molecule is CCCNCc1cccnc1N(C)C(C)(C)CC. The molecule has 0 aliphatic carbocycles. The van der Waals surface area contributed by atoms with Crippen LogP contribution in [0.25, 0.3) is 0 Å². The Kier molecular flexibility index (Phi) is 5.60. The van der Waals surface area contributed by atoms with Crippen LogP contribution in [-0.4, -0.2) is 24.1 Å². The molecule has 0 saturated carbocycles. The van der Waals surface area contributed by atoms with Crippen molar-refractivity contribution in [2.24, 2.45) is 0 Å². The Balaban J connectivity index is 2.87. The van der Waals surface area contributed by atoms with Crippen molar-refractivity contribution in [3.05, 3.63) is 23.9 Å². The zero-order valence-corrected chi connectivity index (χ0v) is 12.5. The van der Waals surface area contributed by atoms with E-state index >= 15 is 0 Å². The summed E-state index contributed by atoms with van der Waals surface area (Å²) in [5, 5.41) is 3.45. The van der Waals surface area contributed by atoms with Gasteiger partial charge in [-0.15, -0.1) is 0 Å². The van der Waals surface area contributed by atoms with Crippen molar-refractivity contribution in [1.82, 2.24) is 10.3 Å². The molecule has 0 aliphatic rings. The standard InChI is InChI=1S/C15H27N3/c1-6-10-16-12-13-9-8-11-17-14(13)18(5)15(3,4)7-2/h8-9,11,16H,6-7,10,12H2,1-5H3. The lowest BCUT2D eigenvalue weighted by Gasteiger charge is -2.37. The van der Waals surface area contributed by atoms with Gasteiger partial charge < -0.3 is 10.2 Å². The van der Waals surface area contributed by atoms with E-state index in [1.54, 1.807) is 0 Å². The summed E-state index contributed by atoms with van der Waals surface area (Å²) in [4.78, 5) is 6.85. The van der Waals surface area contributed by atoms with Gasteiger partial charge in [-0.05, 0) is 39.3 Å². The average Bonchev–Trinajstić information content (AvgIpc) is 2.39. The molecule has 3 heteroatoms. The van der Waals surface area contributed by atoms with Crippen LogP contribution in [0.2, 0.25) is 0 Å². The van der Waals surface area contributed by atoms with E-state index in [1.807, 2.05) is 12.3 Å². The minimum atomic E-state index is 0.133. The number of nitrogens with one attached hydrogen (secondary N) is 1. The Morgan fingerprint density at radius 3 is 2.67 bits per heavy atom. The van der Waals surface area contributed by atoms with E-state index in [1.165, 1.54) is 5.56 Å². The van der Waals surface area contributed by atoms with E-state index in [-0.39, 0.29) is 5.54 Å². The number of nitrogens with zero attached hydrogens (tertiary/aromatic N) is 2. The Labute approximate surface area is 112 Å². The predicted octanol–water partition coefficient (Wildman–Crippen LogP) is 3.21. The number of hydrogen-bond acceptors (Lipinski definition) is 3. The number of hydrogen-bond donors (Lipinski definition) is 1. The van der Waals surface area contributed by atoms with Crippen molar-refractivity contribution in [3.63, 3.8) is 0 Å². The molecule has 0 unspecified atom stereocenters. The van der Waals surface area contributed by atoms with Crippen molar-refractivity contribution in [3.8, 4) is 0 Å². The first-order valence-corrected chi connectivity index (χ1v) is 6.91. The van der Waals surface area contributed by atoms with Crippen molar-refractivity contribution in [1.29, 1.82) is 0 Å². The molecule has 1 aromatic heterocycles. The zero-order valence-electron chi connectivity index (χ0n) is 12.5. The number of aromatic nitrogens is 1. The first-order chi connectivity index (χ1) is 8.53. The third kappa shape index (κ3) is 3.70. The molecule has 3 nitrogen and oxygen atoms in total. The highest BCUT2D eigenvalue weighted by molar-refractivity contribution is 5.48. The van der Waals surface area contributed by atoms with Crippen LogP contribution in [0, 0.1) is 0 Å². The van der Waals surface area contributed by atoms with Gasteiger partial charge in [0.15, 0.2) is 0 Å². The van der Waals surface area contributed by atoms with Gasteiger partial charge in [-0.2, -0.15) is 0 Å². The molecule has 1 N–H and O–H groups in total. The van der Waals surface area contributed by atoms with Gasteiger partial charge in [-0.1, -0.05) is 19.9 Å². The maximum atomic E-state index is 4.56. The summed E-state index contributed by atoms with van der Waals surface area (Å²) in [6.45, 7) is 10.9. The minimum Gasteiger partial charge on any atom is -0.354 e. The quantitative estimate of drug-likeness (QED) is 0.752. The molecule has 0 saturated heterocycles. The van der Waals surface area contributed by atoms with Gasteiger partial charge in [0.25, 0.3) is 0 Å². The summed E-state index contributed by atoms with van der Waals surface area (Å²) in [7, 11) is 2.13. The van der Waals surface area contributed by atoms with Crippen LogP contribution in [0.3, 0.4) is 0 Å². The van der Waals surface area contributed by atoms with E-state index in [2.05, 4.69) is 56.0 Å². The molecular formula is C15H27N3. The molecule has 0 aromatic carbocycles. The van der Waals surface area contributed by atoms with E-state index in [0.29, 0.717) is 0 Å². The molecule has 0 atom stereocenters. The molecule has 0 aliphatic heterocycles. The minimum absolute atomic E-state index is 0.133. The van der Waals surface area contributed by atoms with Gasteiger partial charge >= 0.3 is 0 Å². The first-order valence-electron chi connectivity index (χ1n) is 6.91. The fourth-order valence-electron chi connectivity index (χ4n) is 1.79. The van der Waals surface area contributed by atoms with Crippen LogP contribution < -0.4 is 10.2 Å². The van der Waals surface area contributed by atoms with Crippen LogP contribution in [0.5, 0.6) is 0 Å². The predicted molar refractivity (Wildman–Crippen MR) is 79.0 cm³/mol. The van der Waals surface area contributed by atoms with E-state index in [9.17, 15) is 0 Å². The maximum absolute atomic E-state index is 4.56. The van der Waals surface area contributed by atoms with Gasteiger partial charge in [-0.3, -0.25) is 0 Å². The second kappa shape index (κ2) is 6.74. The smallest absolute Gasteiger partial charge is 0.133 e. The molecule has 0 radical (unpaired) electrons. The molecule has 0 bridgehead atoms. The molecule has 0 spiro atoms. The molecule has 1 aromatic rings. The second-order valence-corrected chi connectivity index (χ2v) is 5.39. The van der Waals surface area contributed by atoms with Crippen molar-refractivity contribution in [2.45, 2.75) is 52.6 Å². The second-order valence-electron chi connectivity index (χ2n) is 5.39. The van der Waals surface area contributed by atoms with Crippen LogP contribution in [0.1, 0.15) is 46.1 Å². The summed E-state index contributed by atoms with van der Waals surface area (Å²) >= 11 is 0. The van der Waals surface area contributed by atoms with Crippen molar-refractivity contribution < 1.29 is 0 Å². The highest BCUT2D eigenvalue weighted by Gasteiger charge is 2.23. The Bertz CT molecular complexity index is 361. The molecular weight excluding hydrogens is 222 g/mol. The molecule has 0 fully saturated rings. The molecule has 102 valence electrons. The molecule has 1 heterocycles. The fourth-order valence-corrected chi connectivity index (χ4v) is 1.79. The average molecular weight is 249 g/mol. The Morgan fingerprint density at radius 2 is 2.06 bits per heavy atom. The van der Waals surface area contributed by atoms with Crippen molar-refractivity contribution in [2.75, 3.05) is 18.5 Å². The van der Waals surface area contributed by atoms with E-state index in [0.717, 1.165) is 31.7 Å². The van der Waals surface area contributed by atoms with E-state index < -0.39 is 0 Å². The summed E-state index contributed by atoms with van der Waals surface area (Å²) < 4.78 is 0. The summed E-state index contributed by atoms with van der Waals surface area (Å²) in [5.74, 6) is 1.09. The van der Waals surface area contributed by atoms with Gasteiger partial charge in [0.2, 0.25) is 0 Å². The van der Waals surface area contributed by atoms with Crippen LogP contribution in [0.15, 0.2) is 18.3 Å². The van der Waals surface area contributed by atoms with Crippen LogP contribution in [0.4, 0.5) is 5.82 Å². The summed E-state index contributed by atoms with van der Waals surface area (Å²) in [6.07, 6.45) is 4.13. The van der Waals surface area contributed by atoms with Gasteiger partial charge in [-0.25, -0.2) is 4.98 Å². The zero-order chi connectivity index (χ0) is 13.6. The Hall–Kier alpha value is -1.09. The van der Waals surface area contributed by atoms with E-state index in [4.69, 9.17) is 0 Å². The van der Waals surface area contributed by atoms with Gasteiger partial charge in [0.1, 0.15) is 5.82 Å². The summed E-state index contributed by atoms with van der Waals surface area (Å²) in [5.41, 5.74) is 1.41. The topological polar surface area (TPSA) is 28.2 Å².